The van der Waals surface area contributed by atoms with Gasteiger partial charge in [0.25, 0.3) is 5.91 Å². The summed E-state index contributed by atoms with van der Waals surface area (Å²) in [5.41, 5.74) is 2.03. The van der Waals surface area contributed by atoms with Crippen molar-refractivity contribution < 1.29 is 18.7 Å². The molecule has 1 atom stereocenters. The quantitative estimate of drug-likeness (QED) is 0.619. The molecule has 1 aromatic heterocycles. The average Bonchev–Trinajstić information content (AvgIpc) is 3.02. The van der Waals surface area contributed by atoms with Crippen LogP contribution in [-0.2, 0) is 6.54 Å². The number of ketones is 1. The highest BCUT2D eigenvalue weighted by molar-refractivity contribution is 6.30. The van der Waals surface area contributed by atoms with Crippen molar-refractivity contribution >= 4 is 34.3 Å². The Morgan fingerprint density at radius 2 is 2.07 bits per heavy atom. The molecule has 6 heteroatoms. The number of nitrogens with one attached hydrogen (secondary N) is 1. The van der Waals surface area contributed by atoms with Crippen LogP contribution in [-0.4, -0.2) is 17.3 Å². The Morgan fingerprint density at radius 3 is 2.79 bits per heavy atom. The number of hydrogen-bond acceptors (Lipinski definition) is 4. The second kappa shape index (κ2) is 7.23. The van der Waals surface area contributed by atoms with E-state index >= 15 is 0 Å². The van der Waals surface area contributed by atoms with Crippen molar-refractivity contribution in [2.24, 2.45) is 0 Å². The summed E-state index contributed by atoms with van der Waals surface area (Å²) in [6, 6.07) is 10.8. The van der Waals surface area contributed by atoms with Crippen LogP contribution < -0.4 is 10.1 Å². The zero-order valence-electron chi connectivity index (χ0n) is 16.6. The van der Waals surface area contributed by atoms with Crippen molar-refractivity contribution in [3.63, 3.8) is 0 Å². The second-order valence-corrected chi connectivity index (χ2v) is 8.12. The molecule has 0 fully saturated rings. The average molecular weight is 412 g/mol. The molecular formula is C23H22ClNO4. The predicted octanol–water partition coefficient (Wildman–Crippen LogP) is 5.46. The molecule has 1 aliphatic heterocycles. The summed E-state index contributed by atoms with van der Waals surface area (Å²) >= 11 is 5.99. The zero-order chi connectivity index (χ0) is 20.8. The van der Waals surface area contributed by atoms with Crippen LogP contribution in [0.5, 0.6) is 5.75 Å². The Balaban J connectivity index is 1.67. The molecule has 2 heterocycles. The summed E-state index contributed by atoms with van der Waals surface area (Å²) in [6.45, 7) is 6.06. The molecule has 0 radical (unpaired) electrons. The fraction of sp³-hybridized carbons (Fsp3) is 0.304. The van der Waals surface area contributed by atoms with E-state index in [9.17, 15) is 9.59 Å². The lowest BCUT2D eigenvalue weighted by Crippen LogP contribution is -2.38. The van der Waals surface area contributed by atoms with E-state index in [1.54, 1.807) is 31.2 Å². The summed E-state index contributed by atoms with van der Waals surface area (Å²) in [6.07, 6.45) is 1.04. The van der Waals surface area contributed by atoms with Gasteiger partial charge in [-0.1, -0.05) is 30.7 Å². The van der Waals surface area contributed by atoms with Crippen molar-refractivity contribution in [1.82, 2.24) is 5.32 Å². The van der Waals surface area contributed by atoms with E-state index in [1.807, 2.05) is 26.0 Å². The van der Waals surface area contributed by atoms with Gasteiger partial charge in [0.05, 0.1) is 12.0 Å². The molecule has 1 aliphatic rings. The highest BCUT2D eigenvalue weighted by Crippen LogP contribution is 2.41. The molecule has 150 valence electrons. The third-order valence-corrected chi connectivity index (χ3v) is 5.76. The van der Waals surface area contributed by atoms with Gasteiger partial charge in [-0.05, 0) is 50.1 Å². The molecule has 1 N–H and O–H groups in total. The van der Waals surface area contributed by atoms with Gasteiger partial charge in [0.15, 0.2) is 11.5 Å². The van der Waals surface area contributed by atoms with Gasteiger partial charge in [0, 0.05) is 22.5 Å². The maximum atomic E-state index is 12.9. The molecule has 0 saturated heterocycles. The normalized spacial score (nSPS) is 18.4. The van der Waals surface area contributed by atoms with Crippen LogP contribution in [0.15, 0.2) is 40.8 Å². The van der Waals surface area contributed by atoms with Gasteiger partial charge < -0.3 is 14.5 Å². The van der Waals surface area contributed by atoms with Crippen LogP contribution in [0.2, 0.25) is 5.02 Å². The molecule has 0 aliphatic carbocycles. The first-order valence-corrected chi connectivity index (χ1v) is 10.00. The van der Waals surface area contributed by atoms with Crippen LogP contribution in [0, 0.1) is 6.92 Å². The van der Waals surface area contributed by atoms with Crippen molar-refractivity contribution in [2.45, 2.75) is 45.8 Å². The van der Waals surface area contributed by atoms with Gasteiger partial charge in [-0.15, -0.1) is 0 Å². The van der Waals surface area contributed by atoms with Gasteiger partial charge in [-0.25, -0.2) is 0 Å². The van der Waals surface area contributed by atoms with Gasteiger partial charge in [0.1, 0.15) is 16.9 Å². The monoisotopic (exact) mass is 411 g/mol. The third-order valence-electron chi connectivity index (χ3n) is 5.52. The molecule has 29 heavy (non-hydrogen) atoms. The van der Waals surface area contributed by atoms with E-state index in [4.69, 9.17) is 20.8 Å². The molecule has 2 aromatic carbocycles. The fourth-order valence-corrected chi connectivity index (χ4v) is 3.95. The maximum Gasteiger partial charge on any atom is 0.287 e. The minimum absolute atomic E-state index is 0.0102. The van der Waals surface area contributed by atoms with Gasteiger partial charge in [-0.3, -0.25) is 9.59 Å². The van der Waals surface area contributed by atoms with Crippen molar-refractivity contribution in [3.8, 4) is 5.75 Å². The Kier molecular flexibility index (Phi) is 4.87. The summed E-state index contributed by atoms with van der Waals surface area (Å²) in [5, 5.41) is 4.11. The van der Waals surface area contributed by atoms with E-state index in [-0.39, 0.29) is 17.5 Å². The number of furan rings is 1. The highest BCUT2D eigenvalue weighted by Gasteiger charge is 2.37. The Bertz CT molecular complexity index is 1130. The number of amides is 1. The smallest absolute Gasteiger partial charge is 0.287 e. The number of Topliss-reactive ketones (excluding diaryl/α,β-unsaturated/α-hetero) is 1. The standard InChI is InChI=1S/C23H22ClNO4/c1-4-23(3)11-16(26)20-18(29-23)9-8-17-19(20)13(2)21(28-17)22(27)25-12-14-6-5-7-15(24)10-14/h5-10H,4,11-12H2,1-3H3,(H,25,27)/t23-/m1/s1. The van der Waals surface area contributed by atoms with Crippen molar-refractivity contribution in [2.75, 3.05) is 0 Å². The molecule has 0 spiro atoms. The minimum atomic E-state index is -0.507. The Labute approximate surface area is 174 Å². The number of rotatable bonds is 4. The molecular weight excluding hydrogens is 390 g/mol. The SMILES string of the molecule is CC[C@]1(C)CC(=O)c2c(ccc3oc(C(=O)NCc4cccc(Cl)c4)c(C)c23)O1. The van der Waals surface area contributed by atoms with E-state index < -0.39 is 5.60 Å². The van der Waals surface area contributed by atoms with Crippen LogP contribution in [0.3, 0.4) is 0 Å². The number of carbonyl (C=O) groups excluding carboxylic acids is 2. The molecule has 5 nitrogen and oxygen atoms in total. The minimum Gasteiger partial charge on any atom is -0.486 e. The van der Waals surface area contributed by atoms with Crippen LogP contribution in [0.25, 0.3) is 11.0 Å². The Hall–Kier alpha value is -2.79. The lowest BCUT2D eigenvalue weighted by atomic mass is 9.87. The third kappa shape index (κ3) is 3.51. The van der Waals surface area contributed by atoms with Crippen molar-refractivity contribution in [3.05, 3.63) is 63.9 Å². The zero-order valence-corrected chi connectivity index (χ0v) is 17.4. The number of carbonyl (C=O) groups is 2. The molecule has 0 bridgehead atoms. The summed E-state index contributed by atoms with van der Waals surface area (Å²) in [7, 11) is 0. The second-order valence-electron chi connectivity index (χ2n) is 7.69. The fourth-order valence-electron chi connectivity index (χ4n) is 3.74. The van der Waals surface area contributed by atoms with E-state index in [0.29, 0.717) is 45.8 Å². The number of ether oxygens (including phenoxy) is 1. The van der Waals surface area contributed by atoms with Gasteiger partial charge in [0.2, 0.25) is 0 Å². The topological polar surface area (TPSA) is 68.5 Å². The number of fused-ring (bicyclic) bond motifs is 3. The number of aryl methyl sites for hydroxylation is 1. The highest BCUT2D eigenvalue weighted by atomic mass is 35.5. The first-order chi connectivity index (χ1) is 13.8. The Morgan fingerprint density at radius 1 is 1.28 bits per heavy atom. The molecule has 4 rings (SSSR count). The van der Waals surface area contributed by atoms with Crippen LogP contribution in [0.1, 0.15) is 58.7 Å². The number of hydrogen-bond donors (Lipinski definition) is 1. The largest absolute Gasteiger partial charge is 0.486 e. The lowest BCUT2D eigenvalue weighted by Gasteiger charge is -2.34. The maximum absolute atomic E-state index is 12.9. The first kappa shape index (κ1) is 19.5. The number of benzene rings is 2. The van der Waals surface area contributed by atoms with Gasteiger partial charge in [-0.2, -0.15) is 0 Å². The molecule has 0 unspecified atom stereocenters. The molecule has 0 saturated carbocycles. The van der Waals surface area contributed by atoms with Crippen LogP contribution >= 0.6 is 11.6 Å². The van der Waals surface area contributed by atoms with Crippen molar-refractivity contribution in [1.29, 1.82) is 0 Å². The number of halogens is 1. The lowest BCUT2D eigenvalue weighted by molar-refractivity contribution is 0.0503. The van der Waals surface area contributed by atoms with Crippen LogP contribution in [0.4, 0.5) is 0 Å². The molecule has 1 amide bonds. The van der Waals surface area contributed by atoms with E-state index in [0.717, 1.165) is 12.0 Å². The molecule has 3 aromatic rings. The van der Waals surface area contributed by atoms with Gasteiger partial charge >= 0.3 is 0 Å². The predicted molar refractivity (Wildman–Crippen MR) is 112 cm³/mol. The summed E-state index contributed by atoms with van der Waals surface area (Å²) < 4.78 is 11.9. The first-order valence-electron chi connectivity index (χ1n) is 9.62. The van der Waals surface area contributed by atoms with E-state index in [2.05, 4.69) is 5.32 Å². The summed E-state index contributed by atoms with van der Waals surface area (Å²) in [4.78, 5) is 25.7. The van der Waals surface area contributed by atoms with E-state index in [1.165, 1.54) is 0 Å². The summed E-state index contributed by atoms with van der Waals surface area (Å²) in [5.74, 6) is 0.422.